The van der Waals surface area contributed by atoms with Crippen molar-refractivity contribution in [1.29, 1.82) is 0 Å². The highest BCUT2D eigenvalue weighted by atomic mass is 35.5. The number of rotatable bonds is 13. The highest BCUT2D eigenvalue weighted by Gasteiger charge is 2.37. The molecule has 10 heteroatoms. The molecule has 252 valence electrons. The number of halogens is 1. The zero-order chi connectivity index (χ0) is 33.2. The SMILES string of the molecule is CC(=O)NCCCCCC(=O)Nc1ccc([C@H]2O[C@@H](CN3CCC(O)(c4ccc(Cl)cc4)CC3)C[C@@H](c3ccc(CO)cc3)O2)cc1. The van der Waals surface area contributed by atoms with Crippen molar-refractivity contribution in [3.63, 3.8) is 0 Å². The predicted octanol–water partition coefficient (Wildman–Crippen LogP) is 6.00. The molecular formula is C37H46ClN3O6. The number of nitrogens with one attached hydrogen (secondary N) is 2. The van der Waals surface area contributed by atoms with E-state index in [1.165, 1.54) is 6.92 Å². The van der Waals surface area contributed by atoms with Crippen LogP contribution in [-0.2, 0) is 31.3 Å². The second kappa shape index (κ2) is 16.7. The van der Waals surface area contributed by atoms with Crippen LogP contribution >= 0.6 is 11.6 Å². The molecule has 2 aliphatic rings. The molecule has 2 heterocycles. The third-order valence-electron chi connectivity index (χ3n) is 9.06. The van der Waals surface area contributed by atoms with E-state index in [0.717, 1.165) is 54.6 Å². The van der Waals surface area contributed by atoms with Gasteiger partial charge in [0.1, 0.15) is 0 Å². The quantitative estimate of drug-likeness (QED) is 0.166. The fraction of sp³-hybridized carbons (Fsp3) is 0.459. The average molecular weight is 664 g/mol. The molecule has 3 atom stereocenters. The van der Waals surface area contributed by atoms with E-state index in [1.54, 1.807) is 0 Å². The van der Waals surface area contributed by atoms with Crippen LogP contribution in [0.2, 0.25) is 5.02 Å². The molecule has 0 aromatic heterocycles. The Morgan fingerprint density at radius 2 is 1.60 bits per heavy atom. The van der Waals surface area contributed by atoms with Crippen molar-refractivity contribution in [3.05, 3.63) is 100 Å². The summed E-state index contributed by atoms with van der Waals surface area (Å²) in [5, 5.41) is 27.3. The summed E-state index contributed by atoms with van der Waals surface area (Å²) in [7, 11) is 0. The number of carbonyl (C=O) groups is 2. The van der Waals surface area contributed by atoms with Gasteiger partial charge in [-0.05, 0) is 66.6 Å². The Bertz CT molecular complexity index is 1440. The number of hydrogen-bond acceptors (Lipinski definition) is 7. The van der Waals surface area contributed by atoms with Gasteiger partial charge in [0, 0.05) is 62.2 Å². The van der Waals surface area contributed by atoms with Crippen LogP contribution in [0, 0.1) is 0 Å². The number of anilines is 1. The highest BCUT2D eigenvalue weighted by molar-refractivity contribution is 6.30. The van der Waals surface area contributed by atoms with Crippen LogP contribution in [0.1, 0.15) is 86.5 Å². The number of aliphatic hydroxyl groups excluding tert-OH is 1. The summed E-state index contributed by atoms with van der Waals surface area (Å²) in [6.45, 7) is 4.30. The molecular weight excluding hydrogens is 618 g/mol. The van der Waals surface area contributed by atoms with Crippen molar-refractivity contribution in [2.75, 3.05) is 31.5 Å². The van der Waals surface area contributed by atoms with E-state index in [4.69, 9.17) is 21.1 Å². The summed E-state index contributed by atoms with van der Waals surface area (Å²) in [6, 6.07) is 22.9. The van der Waals surface area contributed by atoms with Gasteiger partial charge in [-0.25, -0.2) is 0 Å². The van der Waals surface area contributed by atoms with Crippen LogP contribution < -0.4 is 10.6 Å². The van der Waals surface area contributed by atoms with Gasteiger partial charge in [0.15, 0.2) is 6.29 Å². The highest BCUT2D eigenvalue weighted by Crippen LogP contribution is 2.39. The van der Waals surface area contributed by atoms with Gasteiger partial charge in [0.2, 0.25) is 11.8 Å². The van der Waals surface area contributed by atoms with Gasteiger partial charge in [-0.15, -0.1) is 0 Å². The summed E-state index contributed by atoms with van der Waals surface area (Å²) < 4.78 is 13.1. The van der Waals surface area contributed by atoms with Gasteiger partial charge in [0.25, 0.3) is 0 Å². The molecule has 2 aliphatic heterocycles. The number of aliphatic hydroxyl groups is 2. The van der Waals surface area contributed by atoms with Gasteiger partial charge < -0.3 is 35.2 Å². The van der Waals surface area contributed by atoms with Gasteiger partial charge in [-0.1, -0.05) is 66.6 Å². The molecule has 0 saturated carbocycles. The van der Waals surface area contributed by atoms with Crippen LogP contribution in [0.5, 0.6) is 0 Å². The predicted molar refractivity (Wildman–Crippen MR) is 182 cm³/mol. The number of amides is 2. The Hall–Kier alpha value is -3.31. The van der Waals surface area contributed by atoms with E-state index < -0.39 is 11.9 Å². The Morgan fingerprint density at radius 3 is 2.26 bits per heavy atom. The zero-order valence-electron chi connectivity index (χ0n) is 27.0. The molecule has 2 amide bonds. The number of hydrogen-bond donors (Lipinski definition) is 4. The molecule has 0 unspecified atom stereocenters. The molecule has 47 heavy (non-hydrogen) atoms. The Balaban J connectivity index is 1.19. The first-order valence-electron chi connectivity index (χ1n) is 16.6. The second-order valence-corrected chi connectivity index (χ2v) is 13.1. The Kier molecular flexibility index (Phi) is 12.4. The van der Waals surface area contributed by atoms with E-state index in [0.29, 0.717) is 49.5 Å². The summed E-state index contributed by atoms with van der Waals surface area (Å²) >= 11 is 6.07. The van der Waals surface area contributed by atoms with Crippen molar-refractivity contribution >= 4 is 29.1 Å². The smallest absolute Gasteiger partial charge is 0.224 e. The molecule has 2 saturated heterocycles. The number of benzene rings is 3. The molecule has 2 fully saturated rings. The first-order valence-corrected chi connectivity index (χ1v) is 16.9. The van der Waals surface area contributed by atoms with Crippen molar-refractivity contribution in [1.82, 2.24) is 10.2 Å². The lowest BCUT2D eigenvalue weighted by atomic mass is 9.84. The van der Waals surface area contributed by atoms with Crippen LogP contribution in [0.3, 0.4) is 0 Å². The third-order valence-corrected chi connectivity index (χ3v) is 9.31. The van der Waals surface area contributed by atoms with Gasteiger partial charge in [-0.3, -0.25) is 9.59 Å². The zero-order valence-corrected chi connectivity index (χ0v) is 27.8. The summed E-state index contributed by atoms with van der Waals surface area (Å²) in [5.74, 6) is -0.0808. The molecule has 0 spiro atoms. The minimum Gasteiger partial charge on any atom is -0.392 e. The number of nitrogens with zero attached hydrogens (tertiary/aromatic N) is 1. The largest absolute Gasteiger partial charge is 0.392 e. The lowest BCUT2D eigenvalue weighted by Gasteiger charge is -2.42. The van der Waals surface area contributed by atoms with Gasteiger partial charge in [-0.2, -0.15) is 0 Å². The molecule has 9 nitrogen and oxygen atoms in total. The number of unbranched alkanes of at least 4 members (excludes halogenated alkanes) is 2. The summed E-state index contributed by atoms with van der Waals surface area (Å²) in [4.78, 5) is 25.8. The number of carbonyl (C=O) groups excluding carboxylic acids is 2. The molecule has 3 aromatic carbocycles. The van der Waals surface area contributed by atoms with E-state index in [2.05, 4.69) is 15.5 Å². The van der Waals surface area contributed by atoms with E-state index >= 15 is 0 Å². The normalized spacial score (nSPS) is 21.2. The topological polar surface area (TPSA) is 120 Å². The standard InChI is InChI=1S/C37H46ClN3O6/c1-26(43)39-20-4-2-3-5-35(44)40-32-16-10-29(11-17-32)36-46-33(23-34(47-36)28-8-6-27(25-42)7-9-28)24-41-21-18-37(45,19-22-41)30-12-14-31(38)15-13-30/h6-17,33-34,36,42,45H,2-5,18-25H2,1H3,(H,39,43)(H,40,44)/t33-,34+,36+/m1/s1. The minimum atomic E-state index is -0.873. The molecule has 0 bridgehead atoms. The molecule has 0 radical (unpaired) electrons. The first kappa shape index (κ1) is 35.0. The lowest BCUT2D eigenvalue weighted by Crippen LogP contribution is -2.46. The molecule has 5 rings (SSSR count). The van der Waals surface area contributed by atoms with Crippen molar-refractivity contribution in [2.24, 2.45) is 0 Å². The average Bonchev–Trinajstić information content (AvgIpc) is 3.08. The Labute approximate surface area is 282 Å². The third kappa shape index (κ3) is 10.1. The van der Waals surface area contributed by atoms with E-state index in [9.17, 15) is 19.8 Å². The van der Waals surface area contributed by atoms with Crippen LogP contribution in [0.25, 0.3) is 0 Å². The molecule has 4 N–H and O–H groups in total. The summed E-state index contributed by atoms with van der Waals surface area (Å²) in [6.07, 6.45) is 3.90. The van der Waals surface area contributed by atoms with Crippen LogP contribution in [0.4, 0.5) is 5.69 Å². The lowest BCUT2D eigenvalue weighted by molar-refractivity contribution is -0.253. The second-order valence-electron chi connectivity index (χ2n) is 12.7. The van der Waals surface area contributed by atoms with Crippen molar-refractivity contribution < 1.29 is 29.3 Å². The van der Waals surface area contributed by atoms with E-state index in [1.807, 2.05) is 72.8 Å². The molecule has 3 aromatic rings. The number of likely N-dealkylation sites (tertiary alicyclic amines) is 1. The maximum atomic E-state index is 12.5. The van der Waals surface area contributed by atoms with Crippen molar-refractivity contribution in [2.45, 2.75) is 82.6 Å². The number of ether oxygens (including phenoxy) is 2. The fourth-order valence-electron chi connectivity index (χ4n) is 6.27. The Morgan fingerprint density at radius 1 is 0.915 bits per heavy atom. The monoisotopic (exact) mass is 663 g/mol. The molecule has 0 aliphatic carbocycles. The van der Waals surface area contributed by atoms with Gasteiger partial charge in [0.05, 0.1) is 24.4 Å². The van der Waals surface area contributed by atoms with Crippen LogP contribution in [0.15, 0.2) is 72.8 Å². The van der Waals surface area contributed by atoms with Crippen molar-refractivity contribution in [3.8, 4) is 0 Å². The number of piperidine rings is 1. The maximum Gasteiger partial charge on any atom is 0.224 e. The minimum absolute atomic E-state index is 0.0149. The first-order chi connectivity index (χ1) is 22.7. The fourth-order valence-corrected chi connectivity index (χ4v) is 6.40. The summed E-state index contributed by atoms with van der Waals surface area (Å²) in [5.41, 5.74) is 3.46. The van der Waals surface area contributed by atoms with Crippen LogP contribution in [-0.4, -0.2) is 59.2 Å². The maximum absolute atomic E-state index is 12.5. The van der Waals surface area contributed by atoms with Gasteiger partial charge >= 0.3 is 0 Å². The van der Waals surface area contributed by atoms with E-state index in [-0.39, 0.29) is 30.6 Å².